The van der Waals surface area contributed by atoms with Crippen LogP contribution in [0.15, 0.2) is 40.9 Å². The number of aromatic nitrogens is 1. The van der Waals surface area contributed by atoms with Crippen LogP contribution in [0.2, 0.25) is 0 Å². The van der Waals surface area contributed by atoms with Crippen LogP contribution in [0.4, 0.5) is 5.82 Å². The summed E-state index contributed by atoms with van der Waals surface area (Å²) in [5.41, 5.74) is 2.84. The standard InChI is InChI=1S/C20H25BrN4O2/c1-14-10-17(21)9-8-16(14)12-25(13-26)15(2)20(27)22-11-18-6-5-7-19(23-18)24(3)4/h5-10,13,15H,11-12H2,1-4H3,(H,22,27). The molecule has 0 saturated heterocycles. The molecule has 1 atom stereocenters. The lowest BCUT2D eigenvalue weighted by Gasteiger charge is -2.25. The lowest BCUT2D eigenvalue weighted by molar-refractivity contribution is -0.132. The number of benzene rings is 1. The van der Waals surface area contributed by atoms with Gasteiger partial charge in [-0.05, 0) is 49.2 Å². The number of pyridine rings is 1. The van der Waals surface area contributed by atoms with Crippen LogP contribution < -0.4 is 10.2 Å². The van der Waals surface area contributed by atoms with E-state index in [2.05, 4.69) is 26.2 Å². The Kier molecular flexibility index (Phi) is 7.36. The van der Waals surface area contributed by atoms with E-state index in [1.165, 1.54) is 4.90 Å². The molecule has 0 fully saturated rings. The fourth-order valence-corrected chi connectivity index (χ4v) is 3.06. The van der Waals surface area contributed by atoms with Gasteiger partial charge in [0.15, 0.2) is 0 Å². The van der Waals surface area contributed by atoms with E-state index in [1.54, 1.807) is 6.92 Å². The number of carbonyl (C=O) groups excluding carboxylic acids is 2. The number of aryl methyl sites for hydroxylation is 1. The number of amides is 2. The van der Waals surface area contributed by atoms with Crippen molar-refractivity contribution in [1.82, 2.24) is 15.2 Å². The Bertz CT molecular complexity index is 810. The summed E-state index contributed by atoms with van der Waals surface area (Å²) >= 11 is 3.43. The smallest absolute Gasteiger partial charge is 0.242 e. The van der Waals surface area contributed by atoms with Gasteiger partial charge in [-0.15, -0.1) is 0 Å². The minimum absolute atomic E-state index is 0.214. The molecule has 144 valence electrons. The van der Waals surface area contributed by atoms with Gasteiger partial charge in [0.1, 0.15) is 11.9 Å². The Balaban J connectivity index is 1.99. The van der Waals surface area contributed by atoms with Crippen molar-refractivity contribution in [2.24, 2.45) is 0 Å². The highest BCUT2D eigenvalue weighted by Crippen LogP contribution is 2.18. The van der Waals surface area contributed by atoms with Gasteiger partial charge < -0.3 is 15.1 Å². The Morgan fingerprint density at radius 1 is 1.30 bits per heavy atom. The van der Waals surface area contributed by atoms with Gasteiger partial charge in [0.05, 0.1) is 12.2 Å². The van der Waals surface area contributed by atoms with Gasteiger partial charge in [0.25, 0.3) is 0 Å². The second-order valence-corrected chi connectivity index (χ2v) is 7.54. The van der Waals surface area contributed by atoms with Gasteiger partial charge in [-0.1, -0.05) is 28.1 Å². The first-order valence-electron chi connectivity index (χ1n) is 8.69. The number of nitrogens with one attached hydrogen (secondary N) is 1. The van der Waals surface area contributed by atoms with Crippen LogP contribution in [-0.2, 0) is 22.7 Å². The van der Waals surface area contributed by atoms with Crippen LogP contribution in [0.1, 0.15) is 23.7 Å². The molecule has 0 radical (unpaired) electrons. The first-order valence-corrected chi connectivity index (χ1v) is 9.48. The fraction of sp³-hybridized carbons (Fsp3) is 0.350. The van der Waals surface area contributed by atoms with Gasteiger partial charge in [-0.3, -0.25) is 9.59 Å². The van der Waals surface area contributed by atoms with Crippen molar-refractivity contribution in [1.29, 1.82) is 0 Å². The molecule has 1 heterocycles. The fourth-order valence-electron chi connectivity index (χ4n) is 2.59. The maximum absolute atomic E-state index is 12.5. The van der Waals surface area contributed by atoms with E-state index in [0.717, 1.165) is 33.5 Å². The van der Waals surface area contributed by atoms with Gasteiger partial charge in [-0.2, -0.15) is 0 Å². The number of nitrogens with zero attached hydrogens (tertiary/aromatic N) is 3. The zero-order valence-electron chi connectivity index (χ0n) is 16.1. The van der Waals surface area contributed by atoms with E-state index in [0.29, 0.717) is 13.1 Å². The first-order chi connectivity index (χ1) is 12.8. The highest BCUT2D eigenvalue weighted by Gasteiger charge is 2.20. The minimum Gasteiger partial charge on any atom is -0.363 e. The van der Waals surface area contributed by atoms with Gasteiger partial charge in [-0.25, -0.2) is 4.98 Å². The first kappa shape index (κ1) is 20.9. The molecule has 27 heavy (non-hydrogen) atoms. The maximum Gasteiger partial charge on any atom is 0.242 e. The molecule has 0 aliphatic heterocycles. The summed E-state index contributed by atoms with van der Waals surface area (Å²) in [5, 5.41) is 2.86. The molecule has 2 rings (SSSR count). The molecule has 0 bridgehead atoms. The Hall–Kier alpha value is -2.41. The van der Waals surface area contributed by atoms with Gasteiger partial charge >= 0.3 is 0 Å². The lowest BCUT2D eigenvalue weighted by Crippen LogP contribution is -2.44. The van der Waals surface area contributed by atoms with E-state index in [9.17, 15) is 9.59 Å². The molecule has 2 aromatic rings. The van der Waals surface area contributed by atoms with Crippen molar-refractivity contribution in [3.63, 3.8) is 0 Å². The van der Waals surface area contributed by atoms with E-state index in [-0.39, 0.29) is 5.91 Å². The number of halogens is 1. The van der Waals surface area contributed by atoms with Crippen LogP contribution in [0.25, 0.3) is 0 Å². The summed E-state index contributed by atoms with van der Waals surface area (Å²) in [5.74, 6) is 0.615. The number of anilines is 1. The molecule has 1 unspecified atom stereocenters. The van der Waals surface area contributed by atoms with Gasteiger partial charge in [0.2, 0.25) is 12.3 Å². The summed E-state index contributed by atoms with van der Waals surface area (Å²) in [6.45, 7) is 4.40. The van der Waals surface area contributed by atoms with Crippen molar-refractivity contribution in [2.45, 2.75) is 33.0 Å². The zero-order chi connectivity index (χ0) is 20.0. The Morgan fingerprint density at radius 2 is 2.04 bits per heavy atom. The molecule has 2 amide bonds. The molecule has 0 saturated carbocycles. The number of hydrogen-bond donors (Lipinski definition) is 1. The van der Waals surface area contributed by atoms with E-state index < -0.39 is 6.04 Å². The van der Waals surface area contributed by atoms with Gasteiger partial charge in [0, 0.05) is 25.1 Å². The van der Waals surface area contributed by atoms with Crippen molar-refractivity contribution < 1.29 is 9.59 Å². The molecule has 0 aliphatic carbocycles. The lowest BCUT2D eigenvalue weighted by atomic mass is 10.1. The summed E-state index contributed by atoms with van der Waals surface area (Å²) in [4.78, 5) is 31.9. The third kappa shape index (κ3) is 5.79. The van der Waals surface area contributed by atoms with Crippen molar-refractivity contribution >= 4 is 34.1 Å². The summed E-state index contributed by atoms with van der Waals surface area (Å²) in [7, 11) is 3.83. The molecule has 7 heteroatoms. The average Bonchev–Trinajstić information content (AvgIpc) is 2.65. The molecule has 1 aromatic carbocycles. The summed E-state index contributed by atoms with van der Waals surface area (Å²) in [6, 6.07) is 11.0. The second-order valence-electron chi connectivity index (χ2n) is 6.62. The minimum atomic E-state index is -0.581. The van der Waals surface area contributed by atoms with Crippen LogP contribution in [0.3, 0.4) is 0 Å². The van der Waals surface area contributed by atoms with Crippen molar-refractivity contribution in [2.75, 3.05) is 19.0 Å². The maximum atomic E-state index is 12.5. The second kappa shape index (κ2) is 9.50. The normalized spacial score (nSPS) is 11.6. The molecular formula is C20H25BrN4O2. The largest absolute Gasteiger partial charge is 0.363 e. The van der Waals surface area contributed by atoms with Crippen LogP contribution in [0, 0.1) is 6.92 Å². The molecule has 1 aromatic heterocycles. The number of hydrogen-bond acceptors (Lipinski definition) is 4. The van der Waals surface area contributed by atoms with E-state index >= 15 is 0 Å². The molecular weight excluding hydrogens is 408 g/mol. The number of carbonyl (C=O) groups is 2. The van der Waals surface area contributed by atoms with Crippen molar-refractivity contribution in [3.8, 4) is 0 Å². The van der Waals surface area contributed by atoms with E-state index in [1.807, 2.05) is 62.3 Å². The predicted octanol–water partition coefficient (Wildman–Crippen LogP) is 2.88. The quantitative estimate of drug-likeness (QED) is 0.651. The highest BCUT2D eigenvalue weighted by molar-refractivity contribution is 9.10. The topological polar surface area (TPSA) is 65.5 Å². The zero-order valence-corrected chi connectivity index (χ0v) is 17.7. The third-order valence-electron chi connectivity index (χ3n) is 4.36. The molecule has 0 spiro atoms. The Morgan fingerprint density at radius 3 is 2.67 bits per heavy atom. The number of rotatable bonds is 8. The third-order valence-corrected chi connectivity index (χ3v) is 4.86. The molecule has 0 aliphatic rings. The monoisotopic (exact) mass is 432 g/mol. The predicted molar refractivity (Wildman–Crippen MR) is 110 cm³/mol. The average molecular weight is 433 g/mol. The SMILES string of the molecule is Cc1cc(Br)ccc1CN(C=O)C(C)C(=O)NCc1cccc(N(C)C)n1. The Labute approximate surface area is 168 Å². The van der Waals surface area contributed by atoms with Crippen LogP contribution in [0.5, 0.6) is 0 Å². The summed E-state index contributed by atoms with van der Waals surface area (Å²) < 4.78 is 0.986. The van der Waals surface area contributed by atoms with Crippen LogP contribution >= 0.6 is 15.9 Å². The highest BCUT2D eigenvalue weighted by atomic mass is 79.9. The van der Waals surface area contributed by atoms with Crippen LogP contribution in [-0.4, -0.2) is 42.3 Å². The summed E-state index contributed by atoms with van der Waals surface area (Å²) in [6.07, 6.45) is 0.719. The van der Waals surface area contributed by atoms with E-state index in [4.69, 9.17) is 0 Å². The molecule has 6 nitrogen and oxygen atoms in total. The van der Waals surface area contributed by atoms with Crippen molar-refractivity contribution in [3.05, 3.63) is 57.7 Å². The molecule has 1 N–H and O–H groups in total.